The zero-order valence-corrected chi connectivity index (χ0v) is 24.1. The first-order valence-corrected chi connectivity index (χ1v) is 14.5. The fourth-order valence-electron chi connectivity index (χ4n) is 6.47. The van der Waals surface area contributed by atoms with Gasteiger partial charge in [0.2, 0.25) is 0 Å². The Labute approximate surface area is 247 Å². The third-order valence-electron chi connectivity index (χ3n) is 8.60. The number of Topliss-reactive ketones (excluding diaryl/α,β-unsaturated/α-hetero) is 1. The van der Waals surface area contributed by atoms with E-state index in [1.54, 1.807) is 0 Å². The number of hydrogen-bond donors (Lipinski definition) is 0. The van der Waals surface area contributed by atoms with Gasteiger partial charge in [-0.25, -0.2) is 5.01 Å². The van der Waals surface area contributed by atoms with Gasteiger partial charge in [0.15, 0.2) is 11.3 Å². The number of carbonyl (C=O) groups is 1. The van der Waals surface area contributed by atoms with E-state index in [9.17, 15) is 0 Å². The minimum atomic E-state index is -1.09. The third kappa shape index (κ3) is 4.04. The van der Waals surface area contributed by atoms with Crippen LogP contribution in [-0.4, -0.2) is 11.5 Å². The zero-order chi connectivity index (χ0) is 28.8. The van der Waals surface area contributed by atoms with E-state index in [4.69, 9.17) is 5.10 Å². The van der Waals surface area contributed by atoms with Crippen molar-refractivity contribution in [3.05, 3.63) is 172 Å². The molecule has 0 saturated heterocycles. The van der Waals surface area contributed by atoms with E-state index in [2.05, 4.69) is 112 Å². The lowest BCUT2D eigenvalue weighted by molar-refractivity contribution is -0.118. The fourth-order valence-corrected chi connectivity index (χ4v) is 6.47. The Bertz CT molecular complexity index is 1850. The topological polar surface area (TPSA) is 32.7 Å². The summed E-state index contributed by atoms with van der Waals surface area (Å²) in [5.74, 6) is -0.275. The van der Waals surface area contributed by atoms with Crippen molar-refractivity contribution < 1.29 is 4.79 Å². The highest BCUT2D eigenvalue weighted by Gasteiger charge is 2.63. The summed E-state index contributed by atoms with van der Waals surface area (Å²) < 4.78 is 0. The lowest BCUT2D eigenvalue weighted by Gasteiger charge is -2.38. The Morgan fingerprint density at radius 2 is 1.24 bits per heavy atom. The van der Waals surface area contributed by atoms with Crippen LogP contribution in [0.5, 0.6) is 0 Å². The molecule has 7 rings (SSSR count). The van der Waals surface area contributed by atoms with Gasteiger partial charge in [-0.2, -0.15) is 5.10 Å². The maximum atomic E-state index is 15.3. The monoisotopic (exact) mass is 544 g/mol. The quantitative estimate of drug-likeness (QED) is 0.212. The summed E-state index contributed by atoms with van der Waals surface area (Å²) in [6.07, 6.45) is 2.05. The van der Waals surface area contributed by atoms with Crippen molar-refractivity contribution in [2.24, 2.45) is 5.10 Å². The molecule has 42 heavy (non-hydrogen) atoms. The summed E-state index contributed by atoms with van der Waals surface area (Å²) in [7, 11) is 0. The van der Waals surface area contributed by atoms with Gasteiger partial charge in [-0.15, -0.1) is 0 Å². The normalized spacial score (nSPS) is 20.3. The minimum Gasteiger partial charge on any atom is -0.291 e. The van der Waals surface area contributed by atoms with Crippen molar-refractivity contribution in [3.63, 3.8) is 0 Å². The van der Waals surface area contributed by atoms with Gasteiger partial charge in [-0.05, 0) is 66.8 Å². The first kappa shape index (κ1) is 25.9. The van der Waals surface area contributed by atoms with Crippen LogP contribution in [0.15, 0.2) is 132 Å². The molecule has 5 aromatic rings. The standard InChI is InChI=1S/C39H32N2O/c1-26-13-19-29(20-14-26)25-34-33-11-7-8-12-35(33)39(38(34)42)36(30-21-15-27(2)16-22-30)37(31-23-17-28(3)18-24-31)40-41(39)32-9-5-4-6-10-32/h4-25,36H,1-3H3/b34-25+/t36-,39-/m0/s1. The van der Waals surface area contributed by atoms with E-state index in [1.165, 1.54) is 16.7 Å². The molecule has 0 saturated carbocycles. The van der Waals surface area contributed by atoms with Crippen LogP contribution in [0.2, 0.25) is 0 Å². The molecule has 3 heteroatoms. The van der Waals surface area contributed by atoms with E-state index < -0.39 is 5.54 Å². The number of benzene rings is 5. The van der Waals surface area contributed by atoms with Crippen LogP contribution in [0.25, 0.3) is 11.6 Å². The molecule has 0 radical (unpaired) electrons. The molecule has 0 amide bonds. The minimum absolute atomic E-state index is 0.0598. The van der Waals surface area contributed by atoms with Crippen LogP contribution < -0.4 is 5.01 Å². The molecule has 5 aromatic carbocycles. The molecule has 0 bridgehead atoms. The number of hydrazone groups is 1. The van der Waals surface area contributed by atoms with Gasteiger partial charge < -0.3 is 0 Å². The number of aryl methyl sites for hydroxylation is 3. The van der Waals surface area contributed by atoms with Gasteiger partial charge in [0.05, 0.1) is 17.3 Å². The van der Waals surface area contributed by atoms with Crippen molar-refractivity contribution in [2.45, 2.75) is 32.2 Å². The van der Waals surface area contributed by atoms with Gasteiger partial charge in [-0.3, -0.25) is 4.79 Å². The van der Waals surface area contributed by atoms with E-state index in [0.29, 0.717) is 5.57 Å². The van der Waals surface area contributed by atoms with Crippen LogP contribution in [0, 0.1) is 20.8 Å². The molecule has 1 aliphatic carbocycles. The van der Waals surface area contributed by atoms with E-state index >= 15 is 4.79 Å². The Morgan fingerprint density at radius 1 is 0.667 bits per heavy atom. The maximum absolute atomic E-state index is 15.3. The summed E-state index contributed by atoms with van der Waals surface area (Å²) in [5, 5.41) is 7.38. The number of nitrogens with zero attached hydrogens (tertiary/aromatic N) is 2. The molecule has 0 unspecified atom stereocenters. The summed E-state index contributed by atoms with van der Waals surface area (Å²) in [4.78, 5) is 15.3. The molecule has 2 aliphatic rings. The SMILES string of the molecule is Cc1ccc(/C=C2/C(=O)[C@]3(c4ccccc42)[C@@H](c2ccc(C)cc2)C(c2ccc(C)cc2)=NN3c2ccccc2)cc1. The van der Waals surface area contributed by atoms with Crippen LogP contribution >= 0.6 is 0 Å². The van der Waals surface area contributed by atoms with Crippen LogP contribution in [0.4, 0.5) is 5.69 Å². The second-order valence-electron chi connectivity index (χ2n) is 11.5. The molecule has 1 heterocycles. The first-order chi connectivity index (χ1) is 20.5. The number of rotatable bonds is 4. The van der Waals surface area contributed by atoms with Gasteiger partial charge in [0.25, 0.3) is 0 Å². The first-order valence-electron chi connectivity index (χ1n) is 14.5. The molecule has 1 aliphatic heterocycles. The van der Waals surface area contributed by atoms with Crippen molar-refractivity contribution in [2.75, 3.05) is 5.01 Å². The molecule has 1 spiro atoms. The summed E-state index contributed by atoms with van der Waals surface area (Å²) >= 11 is 0. The maximum Gasteiger partial charge on any atom is 0.196 e. The van der Waals surface area contributed by atoms with E-state index in [0.717, 1.165) is 39.2 Å². The number of anilines is 1. The van der Waals surface area contributed by atoms with Gasteiger partial charge >= 0.3 is 0 Å². The largest absolute Gasteiger partial charge is 0.291 e. The number of para-hydroxylation sites is 1. The molecule has 0 fully saturated rings. The molecule has 0 aromatic heterocycles. The molecule has 0 N–H and O–H groups in total. The predicted octanol–water partition coefficient (Wildman–Crippen LogP) is 8.64. The second-order valence-corrected chi connectivity index (χ2v) is 11.5. The van der Waals surface area contributed by atoms with Gasteiger partial charge in [0.1, 0.15) is 0 Å². The van der Waals surface area contributed by atoms with Crippen molar-refractivity contribution >= 4 is 28.8 Å². The highest BCUT2D eigenvalue weighted by atomic mass is 16.1. The number of ketones is 1. The van der Waals surface area contributed by atoms with Crippen LogP contribution in [0.1, 0.15) is 50.4 Å². The highest BCUT2D eigenvalue weighted by Crippen LogP contribution is 2.58. The summed E-state index contributed by atoms with van der Waals surface area (Å²) in [6, 6.07) is 43.8. The Kier molecular flexibility index (Phi) is 6.24. The van der Waals surface area contributed by atoms with Gasteiger partial charge in [0, 0.05) is 5.57 Å². The predicted molar refractivity (Wildman–Crippen MR) is 173 cm³/mol. The van der Waals surface area contributed by atoms with Crippen molar-refractivity contribution in [1.82, 2.24) is 0 Å². The average molecular weight is 545 g/mol. The highest BCUT2D eigenvalue weighted by molar-refractivity contribution is 6.36. The lowest BCUT2D eigenvalue weighted by Crippen LogP contribution is -2.49. The van der Waals surface area contributed by atoms with Gasteiger partial charge in [-0.1, -0.05) is 132 Å². The number of carbonyl (C=O) groups excluding carboxylic acids is 1. The fraction of sp³-hybridized carbons (Fsp3) is 0.128. The summed E-state index contributed by atoms with van der Waals surface area (Å²) in [5.41, 5.74) is 9.98. The number of fused-ring (bicyclic) bond motifs is 2. The molecular weight excluding hydrogens is 512 g/mol. The Hall–Kier alpha value is -5.02. The molecule has 204 valence electrons. The van der Waals surface area contributed by atoms with Crippen molar-refractivity contribution in [1.29, 1.82) is 0 Å². The summed E-state index contributed by atoms with van der Waals surface area (Å²) in [6.45, 7) is 6.26. The molecule has 2 atom stereocenters. The lowest BCUT2D eigenvalue weighted by atomic mass is 9.71. The Balaban J connectivity index is 1.54. The molecular formula is C39H32N2O. The van der Waals surface area contributed by atoms with E-state index in [1.807, 2.05) is 47.5 Å². The average Bonchev–Trinajstić information content (AvgIpc) is 3.49. The smallest absolute Gasteiger partial charge is 0.196 e. The van der Waals surface area contributed by atoms with Crippen LogP contribution in [-0.2, 0) is 10.3 Å². The van der Waals surface area contributed by atoms with Crippen LogP contribution in [0.3, 0.4) is 0 Å². The zero-order valence-electron chi connectivity index (χ0n) is 24.1. The van der Waals surface area contributed by atoms with E-state index in [-0.39, 0.29) is 11.7 Å². The second kappa shape index (κ2) is 10.1. The Morgan fingerprint density at radius 3 is 1.90 bits per heavy atom. The third-order valence-corrected chi connectivity index (χ3v) is 8.60. The number of hydrogen-bond acceptors (Lipinski definition) is 3. The molecule has 3 nitrogen and oxygen atoms in total. The van der Waals surface area contributed by atoms with Crippen molar-refractivity contribution in [3.8, 4) is 0 Å².